The van der Waals surface area contributed by atoms with Gasteiger partial charge in [-0.1, -0.05) is 30.3 Å². The molecule has 1 aromatic carbocycles. The zero-order chi connectivity index (χ0) is 20.2. The van der Waals surface area contributed by atoms with Gasteiger partial charge in [0.15, 0.2) is 0 Å². The number of carbonyl (C=O) groups is 1. The molecule has 4 rings (SSSR count). The largest absolute Gasteiger partial charge is 0.356 e. The number of rotatable bonds is 5. The molecule has 6 heteroatoms. The lowest BCUT2D eigenvalue weighted by Crippen LogP contribution is -2.35. The molecule has 0 spiro atoms. The lowest BCUT2D eigenvalue weighted by atomic mass is 9.90. The Balaban J connectivity index is 1.55. The van der Waals surface area contributed by atoms with Crippen molar-refractivity contribution in [3.05, 3.63) is 66.1 Å². The fraction of sp³-hybridized carbons (Fsp3) is 0.348. The molecule has 0 aliphatic carbocycles. The maximum atomic E-state index is 12.4. The highest BCUT2D eigenvalue weighted by Crippen LogP contribution is 2.34. The van der Waals surface area contributed by atoms with Gasteiger partial charge >= 0.3 is 0 Å². The number of aromatic amines is 1. The number of nitrogens with one attached hydrogen (secondary N) is 2. The summed E-state index contributed by atoms with van der Waals surface area (Å²) < 4.78 is 0. The fourth-order valence-electron chi connectivity index (χ4n) is 3.95. The van der Waals surface area contributed by atoms with Crippen LogP contribution in [0.4, 0.5) is 5.82 Å². The van der Waals surface area contributed by atoms with Gasteiger partial charge in [0.05, 0.1) is 6.20 Å². The molecule has 1 atom stereocenters. The third-order valence-electron chi connectivity index (χ3n) is 5.33. The summed E-state index contributed by atoms with van der Waals surface area (Å²) in [5.74, 6) is 1.14. The van der Waals surface area contributed by atoms with Crippen molar-refractivity contribution in [3.63, 3.8) is 0 Å². The molecule has 29 heavy (non-hydrogen) atoms. The molecule has 2 aromatic heterocycles. The minimum absolute atomic E-state index is 0.0582. The Morgan fingerprint density at radius 3 is 2.86 bits per heavy atom. The first kappa shape index (κ1) is 19.2. The third kappa shape index (κ3) is 4.31. The maximum Gasteiger partial charge on any atom is 0.251 e. The molecule has 3 heterocycles. The van der Waals surface area contributed by atoms with Crippen LogP contribution in [0.2, 0.25) is 0 Å². The highest BCUT2D eigenvalue weighted by Gasteiger charge is 2.26. The summed E-state index contributed by atoms with van der Waals surface area (Å²) in [4.78, 5) is 19.2. The lowest BCUT2D eigenvalue weighted by molar-refractivity contribution is 0.0943. The molecule has 6 nitrogen and oxygen atoms in total. The van der Waals surface area contributed by atoms with Crippen LogP contribution in [0.5, 0.6) is 0 Å². The van der Waals surface area contributed by atoms with Gasteiger partial charge < -0.3 is 10.2 Å². The van der Waals surface area contributed by atoms with Gasteiger partial charge in [-0.25, -0.2) is 4.98 Å². The van der Waals surface area contributed by atoms with E-state index in [1.807, 2.05) is 32.2 Å². The summed E-state index contributed by atoms with van der Waals surface area (Å²) in [5.41, 5.74) is 4.17. The van der Waals surface area contributed by atoms with Crippen LogP contribution in [0.25, 0.3) is 11.1 Å². The van der Waals surface area contributed by atoms with Crippen LogP contribution in [0.15, 0.2) is 54.9 Å². The predicted molar refractivity (Wildman–Crippen MR) is 115 cm³/mol. The molecule has 1 saturated heterocycles. The van der Waals surface area contributed by atoms with Gasteiger partial charge in [-0.3, -0.25) is 9.89 Å². The smallest absolute Gasteiger partial charge is 0.251 e. The Morgan fingerprint density at radius 1 is 1.24 bits per heavy atom. The van der Waals surface area contributed by atoms with Crippen molar-refractivity contribution in [1.29, 1.82) is 0 Å². The van der Waals surface area contributed by atoms with Crippen LogP contribution in [-0.2, 0) is 0 Å². The van der Waals surface area contributed by atoms with Crippen molar-refractivity contribution in [2.45, 2.75) is 38.6 Å². The van der Waals surface area contributed by atoms with Crippen molar-refractivity contribution >= 4 is 11.7 Å². The number of aromatic nitrogens is 3. The Bertz CT molecular complexity index is 966. The van der Waals surface area contributed by atoms with Gasteiger partial charge in [0, 0.05) is 48.1 Å². The quantitative estimate of drug-likeness (QED) is 0.692. The zero-order valence-corrected chi connectivity index (χ0v) is 16.9. The Hall–Kier alpha value is -3.15. The summed E-state index contributed by atoms with van der Waals surface area (Å²) in [6.07, 6.45) is 5.81. The normalized spacial score (nSPS) is 16.8. The summed E-state index contributed by atoms with van der Waals surface area (Å²) in [6.45, 7) is 5.71. The van der Waals surface area contributed by atoms with E-state index in [4.69, 9.17) is 0 Å². The number of nitrogens with zero attached hydrogens (tertiary/aromatic N) is 3. The average Bonchev–Trinajstić information content (AvgIpc) is 3.24. The van der Waals surface area contributed by atoms with Crippen molar-refractivity contribution in [2.75, 3.05) is 18.0 Å². The van der Waals surface area contributed by atoms with E-state index in [2.05, 4.69) is 49.7 Å². The van der Waals surface area contributed by atoms with E-state index in [1.54, 1.807) is 12.3 Å². The van der Waals surface area contributed by atoms with E-state index in [0.717, 1.165) is 37.3 Å². The Kier molecular flexibility index (Phi) is 5.60. The highest BCUT2D eigenvalue weighted by atomic mass is 16.1. The molecule has 1 aliphatic heterocycles. The number of H-pyrrole nitrogens is 1. The molecule has 2 N–H and O–H groups in total. The lowest BCUT2D eigenvalue weighted by Gasteiger charge is -2.33. The van der Waals surface area contributed by atoms with Crippen molar-refractivity contribution in [1.82, 2.24) is 20.5 Å². The highest BCUT2D eigenvalue weighted by molar-refractivity contribution is 5.95. The van der Waals surface area contributed by atoms with Gasteiger partial charge in [0.2, 0.25) is 0 Å². The number of hydrogen-bond acceptors (Lipinski definition) is 4. The first-order valence-corrected chi connectivity index (χ1v) is 10.2. The van der Waals surface area contributed by atoms with E-state index < -0.39 is 0 Å². The second-order valence-electron chi connectivity index (χ2n) is 7.88. The number of piperidine rings is 1. The van der Waals surface area contributed by atoms with Crippen LogP contribution in [-0.4, -0.2) is 40.2 Å². The van der Waals surface area contributed by atoms with E-state index in [0.29, 0.717) is 11.5 Å². The summed E-state index contributed by atoms with van der Waals surface area (Å²) in [7, 11) is 0. The van der Waals surface area contributed by atoms with Crippen LogP contribution >= 0.6 is 0 Å². The van der Waals surface area contributed by atoms with Crippen LogP contribution in [0, 0.1) is 0 Å². The second kappa shape index (κ2) is 8.47. The molecule has 1 amide bonds. The molecule has 0 bridgehead atoms. The van der Waals surface area contributed by atoms with E-state index in [9.17, 15) is 4.79 Å². The van der Waals surface area contributed by atoms with Crippen molar-refractivity contribution < 1.29 is 4.79 Å². The molecule has 0 saturated carbocycles. The number of amides is 1. The topological polar surface area (TPSA) is 73.9 Å². The molecule has 3 aromatic rings. The molecule has 150 valence electrons. The van der Waals surface area contributed by atoms with Gasteiger partial charge in [0.25, 0.3) is 5.91 Å². The summed E-state index contributed by atoms with van der Waals surface area (Å²) in [6, 6.07) is 14.1. The molecule has 1 aliphatic rings. The SMILES string of the molecule is CC(C)NC(=O)c1ccnc(N2CCC[C@H](c3[nH]ncc3-c3ccccc3)C2)c1. The van der Waals surface area contributed by atoms with Crippen molar-refractivity contribution in [3.8, 4) is 11.1 Å². The van der Waals surface area contributed by atoms with Crippen LogP contribution < -0.4 is 10.2 Å². The Morgan fingerprint density at radius 2 is 2.07 bits per heavy atom. The third-order valence-corrected chi connectivity index (χ3v) is 5.33. The van der Waals surface area contributed by atoms with Gasteiger partial charge in [-0.05, 0) is 44.4 Å². The summed E-state index contributed by atoms with van der Waals surface area (Å²) in [5, 5.41) is 10.5. The minimum Gasteiger partial charge on any atom is -0.356 e. The number of carbonyl (C=O) groups excluding carboxylic acids is 1. The standard InChI is InChI=1S/C23H27N5O/c1-16(2)26-23(29)18-10-11-24-21(13-18)28-12-6-9-19(15-28)22-20(14-25-27-22)17-7-4-3-5-8-17/h3-5,7-8,10-11,13-14,16,19H,6,9,12,15H2,1-2H3,(H,25,27)(H,26,29)/t19-/m0/s1. The predicted octanol–water partition coefficient (Wildman–Crippen LogP) is 3.99. The zero-order valence-electron chi connectivity index (χ0n) is 16.9. The first-order valence-electron chi connectivity index (χ1n) is 10.2. The fourth-order valence-corrected chi connectivity index (χ4v) is 3.95. The molecule has 1 fully saturated rings. The van der Waals surface area contributed by atoms with Crippen LogP contribution in [0.3, 0.4) is 0 Å². The minimum atomic E-state index is -0.0582. The maximum absolute atomic E-state index is 12.4. The number of hydrogen-bond donors (Lipinski definition) is 2. The van der Waals surface area contributed by atoms with E-state index in [-0.39, 0.29) is 11.9 Å². The number of anilines is 1. The van der Waals surface area contributed by atoms with Gasteiger partial charge in [0.1, 0.15) is 5.82 Å². The van der Waals surface area contributed by atoms with Crippen LogP contribution in [0.1, 0.15) is 48.7 Å². The van der Waals surface area contributed by atoms with Gasteiger partial charge in [-0.15, -0.1) is 0 Å². The molecule has 0 radical (unpaired) electrons. The van der Waals surface area contributed by atoms with Crippen molar-refractivity contribution in [2.24, 2.45) is 0 Å². The number of benzene rings is 1. The van der Waals surface area contributed by atoms with Gasteiger partial charge in [-0.2, -0.15) is 5.10 Å². The average molecular weight is 390 g/mol. The molecule has 0 unspecified atom stereocenters. The second-order valence-corrected chi connectivity index (χ2v) is 7.88. The first-order chi connectivity index (χ1) is 14.1. The van der Waals surface area contributed by atoms with E-state index >= 15 is 0 Å². The monoisotopic (exact) mass is 389 g/mol. The van der Waals surface area contributed by atoms with E-state index in [1.165, 1.54) is 11.3 Å². The summed E-state index contributed by atoms with van der Waals surface area (Å²) >= 11 is 0. The molecular weight excluding hydrogens is 362 g/mol. The molecular formula is C23H27N5O. The number of pyridine rings is 1. The Labute approximate surface area is 171 Å².